The molecule has 0 aliphatic heterocycles. The van der Waals surface area contributed by atoms with Gasteiger partial charge < -0.3 is 5.32 Å². The number of nitrogens with one attached hydrogen (secondary N) is 1. The summed E-state index contributed by atoms with van der Waals surface area (Å²) in [6.45, 7) is 0. The molecule has 0 bridgehead atoms. The Morgan fingerprint density at radius 1 is 1.36 bits per heavy atom. The van der Waals surface area contributed by atoms with E-state index in [9.17, 15) is 4.79 Å². The van der Waals surface area contributed by atoms with Gasteiger partial charge in [0.25, 0.3) is 0 Å². The fourth-order valence-electron chi connectivity index (χ4n) is 2.79. The zero-order chi connectivity index (χ0) is 17.6. The molecule has 1 saturated carbocycles. The average Bonchev–Trinajstić information content (AvgIpc) is 3.24. The van der Waals surface area contributed by atoms with Gasteiger partial charge in [-0.25, -0.2) is 14.4 Å². The molecule has 10 heteroatoms. The van der Waals surface area contributed by atoms with Crippen LogP contribution in [0, 0.1) is 5.92 Å². The summed E-state index contributed by atoms with van der Waals surface area (Å²) in [5.74, 6) is 0.631. The molecule has 0 spiro atoms. The van der Waals surface area contributed by atoms with Crippen molar-refractivity contribution < 1.29 is 4.79 Å². The lowest BCUT2D eigenvalue weighted by molar-refractivity contribution is -0.117. The zero-order valence-corrected chi connectivity index (χ0v) is 17.2. The Kier molecular flexibility index (Phi) is 4.83. The molecule has 3 aromatic rings. The summed E-state index contributed by atoms with van der Waals surface area (Å²) < 4.78 is 1.88. The van der Waals surface area contributed by atoms with Crippen LogP contribution >= 0.6 is 51.6 Å². The van der Waals surface area contributed by atoms with Crippen molar-refractivity contribution in [1.29, 1.82) is 0 Å². The normalized spacial score (nSPS) is 19.6. The molecular formula is C15H11Cl2IN5OP. The van der Waals surface area contributed by atoms with Crippen LogP contribution in [-0.2, 0) is 4.79 Å². The summed E-state index contributed by atoms with van der Waals surface area (Å²) in [6, 6.07) is 3.44. The molecule has 6 nitrogen and oxygen atoms in total. The minimum absolute atomic E-state index is 0.0345. The van der Waals surface area contributed by atoms with Gasteiger partial charge in [0.2, 0.25) is 5.91 Å². The lowest BCUT2D eigenvalue weighted by Crippen LogP contribution is -2.15. The number of hydrogen-bond donors (Lipinski definition) is 1. The molecule has 3 atom stereocenters. The molecule has 25 heavy (non-hydrogen) atoms. The molecule has 1 fully saturated rings. The number of nitrogens with zero attached hydrogens (tertiary/aromatic N) is 4. The molecule has 1 amide bonds. The standard InChI is InChI=1S/C15H11Cl2IN5OP/c16-12-1-7-2-13(19-5-11(7)14(17)21-12)22-15(24)10-3-9(10)8-4-20-23(6-8)25-18/h1-2,4-6,9-10,25H,3H2,(H,19,22,24)/t9-,10+/m0/s1. The van der Waals surface area contributed by atoms with Crippen LogP contribution in [0.25, 0.3) is 10.8 Å². The van der Waals surface area contributed by atoms with E-state index in [1.54, 1.807) is 18.3 Å². The number of hydrogen-bond acceptors (Lipinski definition) is 4. The predicted molar refractivity (Wildman–Crippen MR) is 109 cm³/mol. The Morgan fingerprint density at radius 2 is 2.20 bits per heavy atom. The molecule has 1 N–H and O–H groups in total. The number of fused-ring (bicyclic) bond motifs is 1. The summed E-state index contributed by atoms with van der Waals surface area (Å²) in [5, 5.41) is 9.22. The monoisotopic (exact) mass is 505 g/mol. The van der Waals surface area contributed by atoms with Crippen molar-refractivity contribution in [2.45, 2.75) is 12.3 Å². The summed E-state index contributed by atoms with van der Waals surface area (Å²) >= 11 is 14.3. The lowest BCUT2D eigenvalue weighted by atomic mass is 10.2. The molecule has 128 valence electrons. The second kappa shape index (κ2) is 6.95. The van der Waals surface area contributed by atoms with Crippen LogP contribution in [0.2, 0.25) is 10.3 Å². The molecule has 3 heterocycles. The third kappa shape index (κ3) is 3.60. The quantitative estimate of drug-likeness (QED) is 0.318. The Hall–Kier alpha value is -1.02. The highest BCUT2D eigenvalue weighted by atomic mass is 127. The van der Waals surface area contributed by atoms with Crippen molar-refractivity contribution >= 4 is 74.1 Å². The summed E-state index contributed by atoms with van der Waals surface area (Å²) in [7, 11) is 0. The summed E-state index contributed by atoms with van der Waals surface area (Å²) in [4.78, 5) is 20.7. The van der Waals surface area contributed by atoms with E-state index in [1.165, 1.54) is 0 Å². The Bertz CT molecular complexity index is 982. The fraction of sp³-hybridized carbons (Fsp3) is 0.200. The fourth-order valence-corrected chi connectivity index (χ4v) is 4.38. The highest BCUT2D eigenvalue weighted by Crippen LogP contribution is 2.48. The van der Waals surface area contributed by atoms with Crippen molar-refractivity contribution in [3.63, 3.8) is 0 Å². The van der Waals surface area contributed by atoms with Gasteiger partial charge in [0.15, 0.2) is 0 Å². The van der Waals surface area contributed by atoms with Crippen molar-refractivity contribution in [3.8, 4) is 0 Å². The van der Waals surface area contributed by atoms with Crippen molar-refractivity contribution in [3.05, 3.63) is 46.6 Å². The van der Waals surface area contributed by atoms with Crippen molar-refractivity contribution in [2.75, 3.05) is 5.32 Å². The third-order valence-corrected chi connectivity index (χ3v) is 6.52. The van der Waals surface area contributed by atoms with Crippen molar-refractivity contribution in [2.24, 2.45) is 5.92 Å². The Labute approximate surface area is 168 Å². The number of rotatable bonds is 4. The van der Waals surface area contributed by atoms with Gasteiger partial charge in [-0.05, 0) is 57.5 Å². The average molecular weight is 506 g/mol. The maximum Gasteiger partial charge on any atom is 0.229 e. The summed E-state index contributed by atoms with van der Waals surface area (Å²) in [6.07, 6.45) is 6.83. The van der Waals surface area contributed by atoms with E-state index in [1.807, 2.05) is 16.8 Å². The number of aromatic nitrogens is 4. The molecule has 3 aromatic heterocycles. The number of carbonyl (C=O) groups excluding carboxylic acids is 1. The van der Waals surface area contributed by atoms with E-state index >= 15 is 0 Å². The van der Waals surface area contributed by atoms with Crippen LogP contribution in [0.1, 0.15) is 17.9 Å². The van der Waals surface area contributed by atoms with E-state index in [2.05, 4.69) is 42.4 Å². The zero-order valence-electron chi connectivity index (χ0n) is 12.6. The highest BCUT2D eigenvalue weighted by molar-refractivity contribution is 14.2. The van der Waals surface area contributed by atoms with E-state index in [0.29, 0.717) is 27.9 Å². The molecule has 4 rings (SSSR count). The van der Waals surface area contributed by atoms with Crippen LogP contribution < -0.4 is 5.32 Å². The van der Waals surface area contributed by atoms with Gasteiger partial charge in [-0.3, -0.25) is 4.79 Å². The van der Waals surface area contributed by atoms with E-state index in [4.69, 9.17) is 23.2 Å². The van der Waals surface area contributed by atoms with Crippen molar-refractivity contribution in [1.82, 2.24) is 19.5 Å². The number of anilines is 1. The first-order valence-corrected chi connectivity index (χ1v) is 12.2. The second-order valence-corrected chi connectivity index (χ2v) is 8.59. The van der Waals surface area contributed by atoms with Gasteiger partial charge in [0, 0.05) is 23.7 Å². The maximum atomic E-state index is 12.5. The third-order valence-electron chi connectivity index (χ3n) is 4.13. The van der Waals surface area contributed by atoms with Gasteiger partial charge in [0.05, 0.1) is 12.6 Å². The molecule has 0 radical (unpaired) electrons. The van der Waals surface area contributed by atoms with Crippen LogP contribution in [0.15, 0.2) is 30.7 Å². The van der Waals surface area contributed by atoms with Crippen LogP contribution in [-0.4, -0.2) is 25.4 Å². The SMILES string of the molecule is O=C(Nc1cc2cc(Cl)nc(Cl)c2cn1)[C@@H]1C[C@H]1c1cnn(PI)c1. The van der Waals surface area contributed by atoms with Crippen LogP contribution in [0.3, 0.4) is 0 Å². The van der Waals surface area contributed by atoms with Crippen LogP contribution in [0.4, 0.5) is 5.82 Å². The molecule has 1 aliphatic rings. The van der Waals surface area contributed by atoms with Gasteiger partial charge in [0.1, 0.15) is 16.1 Å². The van der Waals surface area contributed by atoms with E-state index < -0.39 is 0 Å². The lowest BCUT2D eigenvalue weighted by Gasteiger charge is -2.06. The first-order valence-electron chi connectivity index (χ1n) is 7.39. The smallest absolute Gasteiger partial charge is 0.229 e. The highest BCUT2D eigenvalue weighted by Gasteiger charge is 2.44. The summed E-state index contributed by atoms with van der Waals surface area (Å²) in [5.41, 5.74) is 1.11. The van der Waals surface area contributed by atoms with E-state index in [-0.39, 0.29) is 17.7 Å². The Balaban J connectivity index is 1.49. The van der Waals surface area contributed by atoms with Crippen LogP contribution in [0.5, 0.6) is 0 Å². The predicted octanol–water partition coefficient (Wildman–Crippen LogP) is 4.67. The minimum atomic E-state index is -0.0442. The number of pyridine rings is 2. The Morgan fingerprint density at radius 3 is 2.96 bits per heavy atom. The molecule has 1 aliphatic carbocycles. The molecular weight excluding hydrogens is 495 g/mol. The maximum absolute atomic E-state index is 12.5. The molecule has 0 saturated heterocycles. The number of carbonyl (C=O) groups is 1. The largest absolute Gasteiger partial charge is 0.310 e. The van der Waals surface area contributed by atoms with Gasteiger partial charge in [-0.1, -0.05) is 23.2 Å². The first kappa shape index (κ1) is 17.4. The van der Waals surface area contributed by atoms with Gasteiger partial charge >= 0.3 is 0 Å². The minimum Gasteiger partial charge on any atom is -0.310 e. The molecule has 1 unspecified atom stereocenters. The first-order chi connectivity index (χ1) is 12.0. The molecule has 0 aromatic carbocycles. The van der Waals surface area contributed by atoms with Gasteiger partial charge in [-0.15, -0.1) is 0 Å². The number of amides is 1. The second-order valence-electron chi connectivity index (χ2n) is 5.77. The topological polar surface area (TPSA) is 72.7 Å². The van der Waals surface area contributed by atoms with Gasteiger partial charge in [-0.2, -0.15) is 5.10 Å². The van der Waals surface area contributed by atoms with E-state index in [0.717, 1.165) is 17.4 Å². The number of halogens is 3.